The zero-order valence-corrected chi connectivity index (χ0v) is 18.8. The van der Waals surface area contributed by atoms with Gasteiger partial charge in [-0.25, -0.2) is 4.79 Å². The Kier molecular flexibility index (Phi) is 9.69. The molecule has 2 bridgehead atoms. The number of carbonyl (C=O) groups is 1. The number of rotatable bonds is 4. The van der Waals surface area contributed by atoms with E-state index in [0.717, 1.165) is 31.3 Å². The van der Waals surface area contributed by atoms with Gasteiger partial charge in [-0.2, -0.15) is 0 Å². The molecule has 0 amide bonds. The fraction of sp³-hybridized carbons (Fsp3) is 0.640. The first-order valence-electron chi connectivity index (χ1n) is 11.5. The number of epoxide rings is 1. The molecule has 1 saturated heterocycles. The van der Waals surface area contributed by atoms with Crippen molar-refractivity contribution in [2.75, 3.05) is 13.7 Å². The Labute approximate surface area is 190 Å². The van der Waals surface area contributed by atoms with Crippen molar-refractivity contribution in [1.29, 1.82) is 0 Å². The van der Waals surface area contributed by atoms with Gasteiger partial charge in [0.05, 0.1) is 31.0 Å². The zero-order valence-electron chi connectivity index (χ0n) is 18.8. The maximum atomic E-state index is 12.4. The molecule has 3 rings (SSSR count). The molecule has 2 N–H and O–H groups in total. The van der Waals surface area contributed by atoms with Gasteiger partial charge >= 0.3 is 5.97 Å². The molecular formula is C25H36O7. The number of esters is 1. The number of hydrogen-bond acceptors (Lipinski definition) is 7. The highest BCUT2D eigenvalue weighted by Crippen LogP contribution is 2.34. The number of ether oxygens (including phenoxy) is 4. The van der Waals surface area contributed by atoms with E-state index in [9.17, 15) is 15.0 Å². The van der Waals surface area contributed by atoms with Crippen LogP contribution in [0.5, 0.6) is 0 Å². The van der Waals surface area contributed by atoms with E-state index in [-0.39, 0.29) is 24.4 Å². The summed E-state index contributed by atoms with van der Waals surface area (Å²) < 4.78 is 22.3. The van der Waals surface area contributed by atoms with Crippen LogP contribution in [0, 0.1) is 0 Å². The molecule has 1 unspecified atom stereocenters. The summed E-state index contributed by atoms with van der Waals surface area (Å²) in [5.74, 6) is -0.530. The van der Waals surface area contributed by atoms with Gasteiger partial charge in [-0.15, -0.1) is 0 Å². The Hall–Kier alpha value is -1.77. The number of aliphatic hydroxyl groups is 2. The summed E-state index contributed by atoms with van der Waals surface area (Å²) in [5.41, 5.74) is 0.990. The average molecular weight is 449 g/mol. The molecule has 0 saturated carbocycles. The first kappa shape index (κ1) is 24.9. The Morgan fingerprint density at radius 3 is 2.97 bits per heavy atom. The lowest BCUT2D eigenvalue weighted by molar-refractivity contribution is -0.148. The van der Waals surface area contributed by atoms with Crippen molar-refractivity contribution in [3.63, 3.8) is 0 Å². The van der Waals surface area contributed by atoms with Crippen molar-refractivity contribution in [3.05, 3.63) is 48.6 Å². The maximum absolute atomic E-state index is 12.4. The van der Waals surface area contributed by atoms with E-state index in [4.69, 9.17) is 18.9 Å². The lowest BCUT2D eigenvalue weighted by Gasteiger charge is -2.25. The topological polar surface area (TPSA) is 97.8 Å². The second kappa shape index (κ2) is 12.5. The molecule has 0 radical (unpaired) electrons. The number of hydrogen-bond donors (Lipinski definition) is 2. The SMILES string of the molecule is C=C1CCC[C@@H]2CC=C[C@@H](C/C=C\C(=O)OC([C@@H](O)/C=C/COC)C[C@@H]3O[C@H]3[C@@H](O)C1)O2. The van der Waals surface area contributed by atoms with Crippen LogP contribution in [0.2, 0.25) is 0 Å². The van der Waals surface area contributed by atoms with Crippen LogP contribution in [0.3, 0.4) is 0 Å². The van der Waals surface area contributed by atoms with E-state index in [1.807, 2.05) is 6.08 Å². The summed E-state index contributed by atoms with van der Waals surface area (Å²) in [6.45, 7) is 4.46. The highest BCUT2D eigenvalue weighted by Gasteiger charge is 2.46. The quantitative estimate of drug-likeness (QED) is 0.388. The molecule has 0 aliphatic carbocycles. The van der Waals surface area contributed by atoms with Crippen molar-refractivity contribution in [2.45, 2.75) is 87.7 Å². The van der Waals surface area contributed by atoms with Crippen LogP contribution in [-0.4, -0.2) is 72.6 Å². The smallest absolute Gasteiger partial charge is 0.330 e. The van der Waals surface area contributed by atoms with Gasteiger partial charge in [-0.05, 0) is 38.5 Å². The lowest BCUT2D eigenvalue weighted by Crippen LogP contribution is -2.32. The van der Waals surface area contributed by atoms with Crippen molar-refractivity contribution in [2.24, 2.45) is 0 Å². The molecule has 0 aromatic carbocycles. The minimum absolute atomic E-state index is 0.0688. The van der Waals surface area contributed by atoms with E-state index in [1.54, 1.807) is 25.3 Å². The van der Waals surface area contributed by atoms with Crippen LogP contribution in [-0.2, 0) is 23.7 Å². The molecule has 3 heterocycles. The molecule has 0 spiro atoms. The van der Waals surface area contributed by atoms with Crippen LogP contribution in [0.25, 0.3) is 0 Å². The Morgan fingerprint density at radius 2 is 2.16 bits per heavy atom. The summed E-state index contributed by atoms with van der Waals surface area (Å²) in [4.78, 5) is 12.4. The number of aliphatic hydroxyl groups excluding tert-OH is 2. The normalized spacial score (nSPS) is 36.6. The van der Waals surface area contributed by atoms with Gasteiger partial charge in [-0.1, -0.05) is 42.5 Å². The van der Waals surface area contributed by atoms with E-state index in [2.05, 4.69) is 12.7 Å². The number of fused-ring (bicyclic) bond motifs is 3. The van der Waals surface area contributed by atoms with Gasteiger partial charge in [0.2, 0.25) is 0 Å². The van der Waals surface area contributed by atoms with Crippen molar-refractivity contribution >= 4 is 5.97 Å². The highest BCUT2D eigenvalue weighted by atomic mass is 16.6. The monoisotopic (exact) mass is 448 g/mol. The summed E-state index contributed by atoms with van der Waals surface area (Å²) in [6.07, 6.45) is 12.5. The minimum atomic E-state index is -1.00. The van der Waals surface area contributed by atoms with Gasteiger partial charge in [0.15, 0.2) is 0 Å². The predicted molar refractivity (Wildman–Crippen MR) is 120 cm³/mol. The number of carbonyl (C=O) groups excluding carboxylic acids is 1. The molecule has 1 fully saturated rings. The van der Waals surface area contributed by atoms with E-state index < -0.39 is 24.3 Å². The first-order valence-corrected chi connectivity index (χ1v) is 11.5. The zero-order chi connectivity index (χ0) is 22.9. The van der Waals surface area contributed by atoms with Crippen LogP contribution >= 0.6 is 0 Å². The molecule has 32 heavy (non-hydrogen) atoms. The third kappa shape index (κ3) is 7.98. The van der Waals surface area contributed by atoms with Crippen molar-refractivity contribution < 1.29 is 34.0 Å². The molecular weight excluding hydrogens is 412 g/mol. The summed E-state index contributed by atoms with van der Waals surface area (Å²) in [7, 11) is 1.56. The highest BCUT2D eigenvalue weighted by molar-refractivity contribution is 5.82. The molecule has 3 aliphatic heterocycles. The number of cyclic esters (lactones) is 1. The van der Waals surface area contributed by atoms with Gasteiger partial charge in [0.1, 0.15) is 18.3 Å². The molecule has 3 aliphatic rings. The second-order valence-corrected chi connectivity index (χ2v) is 8.74. The Bertz CT molecular complexity index is 713. The lowest BCUT2D eigenvalue weighted by atomic mass is 9.97. The van der Waals surface area contributed by atoms with E-state index >= 15 is 0 Å². The molecule has 0 aromatic heterocycles. The van der Waals surface area contributed by atoms with Crippen molar-refractivity contribution in [3.8, 4) is 0 Å². The van der Waals surface area contributed by atoms with E-state index in [1.165, 1.54) is 6.08 Å². The van der Waals surface area contributed by atoms with Crippen LogP contribution in [0.15, 0.2) is 48.6 Å². The maximum Gasteiger partial charge on any atom is 0.330 e. The largest absolute Gasteiger partial charge is 0.456 e. The predicted octanol–water partition coefficient (Wildman–Crippen LogP) is 2.77. The fourth-order valence-electron chi connectivity index (χ4n) is 4.22. The second-order valence-electron chi connectivity index (χ2n) is 8.74. The van der Waals surface area contributed by atoms with Gasteiger partial charge < -0.3 is 29.2 Å². The summed E-state index contributed by atoms with van der Waals surface area (Å²) in [6, 6.07) is 0. The van der Waals surface area contributed by atoms with E-state index in [0.29, 0.717) is 25.9 Å². The standard InChI is InChI=1S/C25H36O7/c1-17-7-3-8-18-9-4-10-19(30-18)11-5-13-24(28)31-22(20(26)12-6-14-29-2)16-23-25(32-23)21(27)15-17/h4-6,10,12-13,18-23,25-27H,1,3,7-9,11,14-16H2,2H3/b12-6+,13-5-/t18-,19+,20+,21+,22?,23+,25+/m1/s1. The minimum Gasteiger partial charge on any atom is -0.456 e. The third-order valence-electron chi connectivity index (χ3n) is 6.00. The molecule has 178 valence electrons. The van der Waals surface area contributed by atoms with Gasteiger partial charge in [0, 0.05) is 19.6 Å². The molecule has 7 atom stereocenters. The molecule has 7 nitrogen and oxygen atoms in total. The van der Waals surface area contributed by atoms with Crippen LogP contribution in [0.1, 0.15) is 44.9 Å². The number of methoxy groups -OCH3 is 1. The van der Waals surface area contributed by atoms with Crippen LogP contribution in [0.4, 0.5) is 0 Å². The summed E-state index contributed by atoms with van der Waals surface area (Å²) in [5, 5.41) is 21.1. The van der Waals surface area contributed by atoms with Crippen molar-refractivity contribution in [1.82, 2.24) is 0 Å². The van der Waals surface area contributed by atoms with Gasteiger partial charge in [0.25, 0.3) is 0 Å². The Balaban J connectivity index is 1.68. The molecule has 7 heteroatoms. The summed E-state index contributed by atoms with van der Waals surface area (Å²) >= 11 is 0. The molecule has 0 aromatic rings. The van der Waals surface area contributed by atoms with Gasteiger partial charge in [-0.3, -0.25) is 0 Å². The fourth-order valence-corrected chi connectivity index (χ4v) is 4.22. The van der Waals surface area contributed by atoms with Crippen LogP contribution < -0.4 is 0 Å². The third-order valence-corrected chi connectivity index (χ3v) is 6.00. The Morgan fingerprint density at radius 1 is 1.31 bits per heavy atom. The average Bonchev–Trinajstić information content (AvgIpc) is 3.52. The first-order chi connectivity index (χ1) is 15.5.